The van der Waals surface area contributed by atoms with Crippen molar-refractivity contribution in [3.05, 3.63) is 12.2 Å². The Morgan fingerprint density at radius 1 is 1.88 bits per heavy atom. The average molecular weight is 135 g/mol. The van der Waals surface area contributed by atoms with E-state index in [1.165, 1.54) is 0 Å². The second-order valence-electron chi connectivity index (χ2n) is 1.17. The van der Waals surface area contributed by atoms with Gasteiger partial charge in [0.2, 0.25) is 11.3 Å². The Morgan fingerprint density at radius 3 is 2.88 bits per heavy atom. The van der Waals surface area contributed by atoms with E-state index in [2.05, 4.69) is 4.72 Å². The highest BCUT2D eigenvalue weighted by atomic mass is 32.2. The molecular formula is C4H9NO2S. The molecule has 0 aliphatic heterocycles. The molecule has 0 spiro atoms. The summed E-state index contributed by atoms with van der Waals surface area (Å²) < 4.78 is 20.2. The highest BCUT2D eigenvalue weighted by Crippen LogP contribution is 1.67. The lowest BCUT2D eigenvalue weighted by atomic mass is 10.5. The summed E-state index contributed by atoms with van der Waals surface area (Å²) in [6.45, 7) is 2.29. The van der Waals surface area contributed by atoms with Gasteiger partial charge in [-0.1, -0.05) is 12.2 Å². The van der Waals surface area contributed by atoms with Crippen LogP contribution in [0.15, 0.2) is 12.2 Å². The maximum atomic E-state index is 9.84. The molecule has 0 heterocycles. The number of hydrogen-bond donors (Lipinski definition) is 2. The van der Waals surface area contributed by atoms with Gasteiger partial charge in [-0.25, -0.2) is 8.93 Å². The summed E-state index contributed by atoms with van der Waals surface area (Å²) in [6.07, 6.45) is 3.56. The molecule has 0 saturated carbocycles. The SMILES string of the molecule is CC=CCNS(=O)O. The Morgan fingerprint density at radius 2 is 2.50 bits per heavy atom. The van der Waals surface area contributed by atoms with Crippen LogP contribution >= 0.6 is 0 Å². The second kappa shape index (κ2) is 4.96. The Bertz CT molecular complexity index is 102. The molecule has 48 valence electrons. The number of hydrogen-bond acceptors (Lipinski definition) is 1. The lowest BCUT2D eigenvalue weighted by Gasteiger charge is -1.88. The quantitative estimate of drug-likeness (QED) is 0.431. The molecule has 0 radical (unpaired) electrons. The zero-order valence-electron chi connectivity index (χ0n) is 4.63. The second-order valence-corrected chi connectivity index (χ2v) is 1.95. The molecule has 0 saturated heterocycles. The van der Waals surface area contributed by atoms with E-state index < -0.39 is 11.3 Å². The molecule has 0 amide bonds. The van der Waals surface area contributed by atoms with Crippen LogP contribution in [0, 0.1) is 0 Å². The molecule has 0 fully saturated rings. The lowest BCUT2D eigenvalue weighted by Crippen LogP contribution is -2.15. The summed E-state index contributed by atoms with van der Waals surface area (Å²) in [5.41, 5.74) is 0. The zero-order chi connectivity index (χ0) is 6.41. The lowest BCUT2D eigenvalue weighted by molar-refractivity contribution is 0.553. The van der Waals surface area contributed by atoms with Gasteiger partial charge in [0.1, 0.15) is 0 Å². The first-order chi connectivity index (χ1) is 3.77. The van der Waals surface area contributed by atoms with Crippen molar-refractivity contribution in [1.82, 2.24) is 4.72 Å². The molecule has 1 atom stereocenters. The number of rotatable bonds is 3. The van der Waals surface area contributed by atoms with Gasteiger partial charge in [0, 0.05) is 6.54 Å². The first-order valence-electron chi connectivity index (χ1n) is 2.23. The van der Waals surface area contributed by atoms with E-state index in [4.69, 9.17) is 4.55 Å². The molecule has 0 aliphatic carbocycles. The van der Waals surface area contributed by atoms with Crippen LogP contribution in [0.25, 0.3) is 0 Å². The summed E-state index contributed by atoms with van der Waals surface area (Å²) in [6, 6.07) is 0. The van der Waals surface area contributed by atoms with E-state index in [0.717, 1.165) is 0 Å². The van der Waals surface area contributed by atoms with Crippen molar-refractivity contribution >= 4 is 11.3 Å². The highest BCUT2D eigenvalue weighted by molar-refractivity contribution is 7.77. The Labute approximate surface area is 51.2 Å². The van der Waals surface area contributed by atoms with E-state index in [1.54, 1.807) is 12.2 Å². The standard InChI is InChI=1S/C4H9NO2S/c1-2-3-4-5-8(6)7/h2-3,5H,4H2,1H3,(H,6,7). The molecule has 0 aromatic heterocycles. The summed E-state index contributed by atoms with van der Waals surface area (Å²) in [5, 5.41) is 0. The van der Waals surface area contributed by atoms with Gasteiger partial charge in [0.05, 0.1) is 0 Å². The molecule has 2 N–H and O–H groups in total. The first-order valence-corrected chi connectivity index (χ1v) is 3.33. The van der Waals surface area contributed by atoms with Gasteiger partial charge in [-0.2, -0.15) is 0 Å². The fraction of sp³-hybridized carbons (Fsp3) is 0.500. The van der Waals surface area contributed by atoms with E-state index in [0.29, 0.717) is 6.54 Å². The Balaban J connectivity index is 3.05. The molecule has 0 aliphatic rings. The van der Waals surface area contributed by atoms with Gasteiger partial charge < -0.3 is 0 Å². The van der Waals surface area contributed by atoms with Crippen LogP contribution < -0.4 is 4.72 Å². The normalized spacial score (nSPS) is 14.8. The molecule has 3 nitrogen and oxygen atoms in total. The van der Waals surface area contributed by atoms with Crippen molar-refractivity contribution in [3.8, 4) is 0 Å². The third-order valence-corrected chi connectivity index (χ3v) is 0.974. The fourth-order valence-corrected chi connectivity index (χ4v) is 0.476. The first kappa shape index (κ1) is 7.81. The third-order valence-electron chi connectivity index (χ3n) is 0.560. The fourth-order valence-electron chi connectivity index (χ4n) is 0.237. The van der Waals surface area contributed by atoms with Crippen LogP contribution in [0.5, 0.6) is 0 Å². The largest absolute Gasteiger partial charge is 0.294 e. The van der Waals surface area contributed by atoms with Gasteiger partial charge in [0.25, 0.3) is 0 Å². The monoisotopic (exact) mass is 135 g/mol. The van der Waals surface area contributed by atoms with E-state index in [1.807, 2.05) is 6.92 Å². The van der Waals surface area contributed by atoms with Crippen molar-refractivity contribution in [2.24, 2.45) is 0 Å². The summed E-state index contributed by atoms with van der Waals surface area (Å²) >= 11 is -1.87. The van der Waals surface area contributed by atoms with Crippen molar-refractivity contribution in [2.45, 2.75) is 6.92 Å². The smallest absolute Gasteiger partial charge is 0.232 e. The minimum Gasteiger partial charge on any atom is -0.294 e. The molecule has 0 bridgehead atoms. The van der Waals surface area contributed by atoms with Crippen LogP contribution in [0.1, 0.15) is 6.92 Å². The Kier molecular flexibility index (Phi) is 4.84. The van der Waals surface area contributed by atoms with Crippen molar-refractivity contribution in [2.75, 3.05) is 6.54 Å². The molecule has 0 aromatic carbocycles. The number of allylic oxidation sites excluding steroid dienone is 1. The van der Waals surface area contributed by atoms with Gasteiger partial charge in [-0.05, 0) is 6.92 Å². The molecule has 4 heteroatoms. The summed E-state index contributed by atoms with van der Waals surface area (Å²) in [4.78, 5) is 0. The van der Waals surface area contributed by atoms with Crippen molar-refractivity contribution < 1.29 is 8.76 Å². The zero-order valence-corrected chi connectivity index (χ0v) is 5.44. The average Bonchev–Trinajstić information content (AvgIpc) is 1.66. The maximum absolute atomic E-state index is 9.84. The van der Waals surface area contributed by atoms with Crippen LogP contribution in [0.2, 0.25) is 0 Å². The van der Waals surface area contributed by atoms with Gasteiger partial charge in [-0.15, -0.1) is 0 Å². The third kappa shape index (κ3) is 5.81. The van der Waals surface area contributed by atoms with Gasteiger partial charge in [0.15, 0.2) is 0 Å². The predicted molar refractivity (Wildman–Crippen MR) is 33.6 cm³/mol. The van der Waals surface area contributed by atoms with Crippen LogP contribution in [-0.2, 0) is 11.3 Å². The van der Waals surface area contributed by atoms with Crippen LogP contribution in [0.3, 0.4) is 0 Å². The van der Waals surface area contributed by atoms with Crippen molar-refractivity contribution in [1.29, 1.82) is 0 Å². The van der Waals surface area contributed by atoms with Gasteiger partial charge in [-0.3, -0.25) is 4.55 Å². The highest BCUT2D eigenvalue weighted by Gasteiger charge is 1.82. The predicted octanol–water partition coefficient (Wildman–Crippen LogP) is 0.289. The van der Waals surface area contributed by atoms with Crippen LogP contribution in [-0.4, -0.2) is 15.3 Å². The summed E-state index contributed by atoms with van der Waals surface area (Å²) in [5.74, 6) is 0. The molecule has 0 rings (SSSR count). The minimum absolute atomic E-state index is 0.444. The molecule has 0 aromatic rings. The minimum atomic E-state index is -1.87. The van der Waals surface area contributed by atoms with Crippen LogP contribution in [0.4, 0.5) is 0 Å². The van der Waals surface area contributed by atoms with Crippen molar-refractivity contribution in [3.63, 3.8) is 0 Å². The van der Waals surface area contributed by atoms with Gasteiger partial charge >= 0.3 is 0 Å². The van der Waals surface area contributed by atoms with E-state index in [-0.39, 0.29) is 0 Å². The molecular weight excluding hydrogens is 126 g/mol. The van der Waals surface area contributed by atoms with E-state index >= 15 is 0 Å². The molecule has 1 unspecified atom stereocenters. The molecule has 8 heavy (non-hydrogen) atoms. The van der Waals surface area contributed by atoms with E-state index in [9.17, 15) is 4.21 Å². The Hall–Kier alpha value is -0.190. The number of nitrogens with one attached hydrogen (secondary N) is 1. The topological polar surface area (TPSA) is 49.3 Å². The summed E-state index contributed by atoms with van der Waals surface area (Å²) in [7, 11) is 0. The maximum Gasteiger partial charge on any atom is 0.232 e.